The molecule has 234 valence electrons. The number of hydrogen-bond donors (Lipinski definition) is 2. The van der Waals surface area contributed by atoms with E-state index in [1.807, 2.05) is 55.5 Å². The van der Waals surface area contributed by atoms with Gasteiger partial charge in [-0.2, -0.15) is 0 Å². The van der Waals surface area contributed by atoms with Crippen molar-refractivity contribution in [2.24, 2.45) is 29.6 Å². The van der Waals surface area contributed by atoms with Crippen molar-refractivity contribution in [3.63, 3.8) is 0 Å². The molecule has 2 bridgehead atoms. The number of aromatic nitrogens is 1. The van der Waals surface area contributed by atoms with Gasteiger partial charge in [-0.05, 0) is 73.6 Å². The highest BCUT2D eigenvalue weighted by Crippen LogP contribution is 2.69. The van der Waals surface area contributed by atoms with E-state index in [1.165, 1.54) is 16.2 Å². The smallest absolute Gasteiger partial charge is 0.305 e. The van der Waals surface area contributed by atoms with E-state index in [2.05, 4.69) is 10.3 Å². The fraction of sp³-hybridized carbons (Fsp3) is 0.314. The number of ether oxygens (including phenoxy) is 2. The molecular formula is C35H31N3O6S2. The summed E-state index contributed by atoms with van der Waals surface area (Å²) in [5.74, 6) is -0.280. The van der Waals surface area contributed by atoms with Crippen LogP contribution in [0.3, 0.4) is 0 Å². The second-order valence-corrected chi connectivity index (χ2v) is 14.6. The summed E-state index contributed by atoms with van der Waals surface area (Å²) >= 11 is 2.84. The van der Waals surface area contributed by atoms with E-state index in [0.29, 0.717) is 22.9 Å². The first-order valence-corrected chi connectivity index (χ1v) is 17.0. The van der Waals surface area contributed by atoms with E-state index in [0.717, 1.165) is 27.5 Å². The van der Waals surface area contributed by atoms with Crippen LogP contribution in [-0.4, -0.2) is 41.7 Å². The van der Waals surface area contributed by atoms with E-state index in [1.54, 1.807) is 43.1 Å². The van der Waals surface area contributed by atoms with Crippen LogP contribution in [-0.2, 0) is 14.4 Å². The molecule has 3 fully saturated rings. The van der Waals surface area contributed by atoms with Crippen LogP contribution in [0.2, 0.25) is 0 Å². The van der Waals surface area contributed by atoms with Crippen molar-refractivity contribution in [1.82, 2.24) is 4.98 Å². The zero-order valence-electron chi connectivity index (χ0n) is 25.1. The van der Waals surface area contributed by atoms with Gasteiger partial charge in [0.15, 0.2) is 6.61 Å². The lowest BCUT2D eigenvalue weighted by Gasteiger charge is -2.43. The molecule has 0 spiro atoms. The van der Waals surface area contributed by atoms with E-state index in [9.17, 15) is 19.2 Å². The summed E-state index contributed by atoms with van der Waals surface area (Å²) in [6.07, 6.45) is 0.792. The van der Waals surface area contributed by atoms with Gasteiger partial charge in [-0.3, -0.25) is 24.1 Å². The molecule has 1 aromatic heterocycles. The molecule has 3 heterocycles. The maximum absolute atomic E-state index is 14.0. The van der Waals surface area contributed by atoms with Gasteiger partial charge in [-0.25, -0.2) is 0 Å². The van der Waals surface area contributed by atoms with Gasteiger partial charge in [-0.1, -0.05) is 47.2 Å². The quantitative estimate of drug-likeness (QED) is 0.255. The Balaban J connectivity index is 1.10. The predicted octanol–water partition coefficient (Wildman–Crippen LogP) is 5.45. The summed E-state index contributed by atoms with van der Waals surface area (Å²) < 4.78 is 11.4. The number of aryl methyl sites for hydroxylation is 1. The van der Waals surface area contributed by atoms with Crippen LogP contribution in [0.15, 0.2) is 82.6 Å². The molecule has 3 amide bonds. The Morgan fingerprint density at radius 3 is 2.41 bits per heavy atom. The number of thioether (sulfide) groups is 1. The molecule has 0 radical (unpaired) electrons. The third kappa shape index (κ3) is 4.59. The van der Waals surface area contributed by atoms with Crippen molar-refractivity contribution in [3.8, 4) is 11.5 Å². The minimum Gasteiger partial charge on any atom is -0.497 e. The average Bonchev–Trinajstić information content (AvgIpc) is 3.80. The SMILES string of the molecule is COc1ccc(NC(=O)COc2ccccc2[C@H]2c3sc(=O)[nH]c3SC3C2[C@H]2C[C@@H]3C3C(=O)N(c4ccc(C)cc4)C(=O)C32)cc1. The van der Waals surface area contributed by atoms with Crippen LogP contribution in [0.1, 0.15) is 28.3 Å². The number of carbonyl (C=O) groups excluding carboxylic acids is 3. The molecule has 9 nitrogen and oxygen atoms in total. The monoisotopic (exact) mass is 653 g/mol. The normalized spacial score (nSPS) is 27.3. The molecule has 2 N–H and O–H groups in total. The van der Waals surface area contributed by atoms with Crippen molar-refractivity contribution in [3.05, 3.63) is 98.5 Å². The van der Waals surface area contributed by atoms with Gasteiger partial charge in [0.1, 0.15) is 11.5 Å². The molecule has 4 aliphatic rings. The lowest BCUT2D eigenvalue weighted by Crippen LogP contribution is -2.42. The lowest BCUT2D eigenvalue weighted by molar-refractivity contribution is -0.123. The molecule has 3 aromatic carbocycles. The highest BCUT2D eigenvalue weighted by Gasteiger charge is 2.69. The number of hydrogen-bond acceptors (Lipinski definition) is 8. The number of benzene rings is 3. The lowest BCUT2D eigenvalue weighted by atomic mass is 9.68. The number of nitrogens with zero attached hydrogens (tertiary/aromatic N) is 1. The number of imide groups is 1. The summed E-state index contributed by atoms with van der Waals surface area (Å²) in [5, 5.41) is 3.73. The van der Waals surface area contributed by atoms with Gasteiger partial charge in [0.05, 0.1) is 29.7 Å². The maximum atomic E-state index is 14.0. The molecule has 46 heavy (non-hydrogen) atoms. The number of H-pyrrole nitrogens is 1. The van der Waals surface area contributed by atoms with Crippen molar-refractivity contribution in [2.45, 2.75) is 29.5 Å². The molecule has 4 unspecified atom stereocenters. The molecule has 11 heteroatoms. The molecule has 1 saturated heterocycles. The van der Waals surface area contributed by atoms with Gasteiger partial charge in [-0.15, -0.1) is 11.8 Å². The number of methoxy groups -OCH3 is 1. The van der Waals surface area contributed by atoms with Crippen molar-refractivity contribution in [1.29, 1.82) is 0 Å². The number of carbonyl (C=O) groups is 3. The fourth-order valence-electron chi connectivity index (χ4n) is 8.20. The number of nitrogens with one attached hydrogen (secondary N) is 2. The largest absolute Gasteiger partial charge is 0.497 e. The Kier molecular flexibility index (Phi) is 7.06. The van der Waals surface area contributed by atoms with E-state index < -0.39 is 5.92 Å². The Hall–Kier alpha value is -4.35. The van der Waals surface area contributed by atoms with Crippen LogP contribution in [0.4, 0.5) is 11.4 Å². The average molecular weight is 654 g/mol. The van der Waals surface area contributed by atoms with Crippen molar-refractivity contribution in [2.75, 3.05) is 23.9 Å². The second-order valence-electron chi connectivity index (χ2n) is 12.4. The molecule has 2 saturated carbocycles. The van der Waals surface area contributed by atoms with E-state index >= 15 is 0 Å². The molecular weight excluding hydrogens is 623 g/mol. The van der Waals surface area contributed by atoms with Crippen LogP contribution >= 0.6 is 23.1 Å². The van der Waals surface area contributed by atoms with Crippen molar-refractivity contribution < 1.29 is 23.9 Å². The first-order valence-electron chi connectivity index (χ1n) is 15.3. The summed E-state index contributed by atoms with van der Waals surface area (Å²) in [4.78, 5) is 58.8. The van der Waals surface area contributed by atoms with Gasteiger partial charge < -0.3 is 19.8 Å². The number of para-hydroxylation sites is 1. The molecule has 4 aromatic rings. The maximum Gasteiger partial charge on any atom is 0.305 e. The number of anilines is 2. The van der Waals surface area contributed by atoms with Crippen LogP contribution in [0.25, 0.3) is 0 Å². The Bertz CT molecular complexity index is 1920. The van der Waals surface area contributed by atoms with Crippen molar-refractivity contribution >= 4 is 52.2 Å². The first kappa shape index (κ1) is 29.1. The summed E-state index contributed by atoms with van der Waals surface area (Å²) in [5.41, 5.74) is 3.19. The van der Waals surface area contributed by atoms with Crippen LogP contribution < -0.4 is 24.6 Å². The van der Waals surface area contributed by atoms with Crippen LogP contribution in [0, 0.1) is 36.5 Å². The summed E-state index contributed by atoms with van der Waals surface area (Å²) in [7, 11) is 1.58. The number of aromatic amines is 1. The molecule has 7 atom stereocenters. The third-order valence-electron chi connectivity index (χ3n) is 10.0. The topological polar surface area (TPSA) is 118 Å². The molecule has 8 rings (SSSR count). The first-order chi connectivity index (χ1) is 22.3. The zero-order valence-corrected chi connectivity index (χ0v) is 26.7. The van der Waals surface area contributed by atoms with Gasteiger partial charge in [0.25, 0.3) is 5.91 Å². The number of fused-ring (bicyclic) bond motifs is 9. The van der Waals surface area contributed by atoms with Gasteiger partial charge in [0.2, 0.25) is 11.8 Å². The van der Waals surface area contributed by atoms with E-state index in [-0.39, 0.29) is 64.0 Å². The highest BCUT2D eigenvalue weighted by molar-refractivity contribution is 8.00. The van der Waals surface area contributed by atoms with Crippen LogP contribution in [0.5, 0.6) is 11.5 Å². The van der Waals surface area contributed by atoms with E-state index in [4.69, 9.17) is 9.47 Å². The summed E-state index contributed by atoms with van der Waals surface area (Å²) in [6, 6.07) is 22.2. The van der Waals surface area contributed by atoms with Gasteiger partial charge >= 0.3 is 4.87 Å². The predicted molar refractivity (Wildman–Crippen MR) is 176 cm³/mol. The highest BCUT2D eigenvalue weighted by atomic mass is 32.2. The summed E-state index contributed by atoms with van der Waals surface area (Å²) in [6.45, 7) is 1.77. The second kappa shape index (κ2) is 11.2. The Labute approximate surface area is 273 Å². The molecule has 2 aliphatic heterocycles. The zero-order chi connectivity index (χ0) is 31.7. The Morgan fingerprint density at radius 2 is 1.67 bits per heavy atom. The Morgan fingerprint density at radius 1 is 0.957 bits per heavy atom. The fourth-order valence-corrected chi connectivity index (χ4v) is 11.1. The number of amides is 3. The number of thiazole rings is 1. The number of rotatable bonds is 7. The minimum atomic E-state index is -0.399. The standard InChI is InChI=1S/C35H31N3O6S2/c1-17-7-11-19(12-8-17)38-33(40)28-22-15-23(29(28)34(38)41)30-27(22)26(31-32(45-30)37-35(42)46-31)21-5-3-4-6-24(21)44-16-25(39)36-18-9-13-20(43-2)14-10-18/h3-14,22-23,26-30H,15-16H2,1-2H3,(H,36,39)(H,37,42)/t22-,23-,26-,27?,28?,29?,30?/m1/s1. The molecule has 2 aliphatic carbocycles. The van der Waals surface area contributed by atoms with Gasteiger partial charge in [0, 0.05) is 27.3 Å². The minimum absolute atomic E-state index is 0.0132. The third-order valence-corrected chi connectivity index (χ3v) is 12.6.